The Bertz CT molecular complexity index is 389. The summed E-state index contributed by atoms with van der Waals surface area (Å²) < 4.78 is 10.5. The lowest BCUT2D eigenvalue weighted by atomic mass is 9.96. The summed E-state index contributed by atoms with van der Waals surface area (Å²) in [4.78, 5) is 12.3. The summed E-state index contributed by atoms with van der Waals surface area (Å²) in [7, 11) is 1.62. The van der Waals surface area contributed by atoms with Crippen LogP contribution in [0.5, 0.6) is 5.75 Å². The van der Waals surface area contributed by atoms with Crippen LogP contribution in [0.4, 0.5) is 0 Å². The van der Waals surface area contributed by atoms with Gasteiger partial charge in [0.15, 0.2) is 5.78 Å². The van der Waals surface area contributed by atoms with Crippen LogP contribution in [0.2, 0.25) is 0 Å². The molecule has 4 nitrogen and oxygen atoms in total. The first kappa shape index (κ1) is 15.7. The molecule has 4 heteroatoms. The van der Waals surface area contributed by atoms with Gasteiger partial charge in [0.2, 0.25) is 0 Å². The molecule has 0 saturated carbocycles. The Kier molecular flexibility index (Phi) is 7.15. The monoisotopic (exact) mass is 265 g/mol. The van der Waals surface area contributed by atoms with E-state index in [-0.39, 0.29) is 11.7 Å². The number of benzene rings is 1. The van der Waals surface area contributed by atoms with Gasteiger partial charge in [0.25, 0.3) is 0 Å². The van der Waals surface area contributed by atoms with Crippen LogP contribution < -0.4 is 10.5 Å². The van der Waals surface area contributed by atoms with Gasteiger partial charge in [-0.15, -0.1) is 0 Å². The average molecular weight is 265 g/mol. The molecule has 19 heavy (non-hydrogen) atoms. The van der Waals surface area contributed by atoms with Gasteiger partial charge < -0.3 is 15.2 Å². The highest BCUT2D eigenvalue weighted by atomic mass is 16.5. The molecule has 1 rings (SSSR count). The van der Waals surface area contributed by atoms with Crippen molar-refractivity contribution >= 4 is 5.78 Å². The van der Waals surface area contributed by atoms with Gasteiger partial charge in [0.1, 0.15) is 12.4 Å². The van der Waals surface area contributed by atoms with E-state index >= 15 is 0 Å². The lowest BCUT2D eigenvalue weighted by Gasteiger charge is -2.14. The van der Waals surface area contributed by atoms with Crippen LogP contribution >= 0.6 is 0 Å². The fraction of sp³-hybridized carbons (Fsp3) is 0.533. The van der Waals surface area contributed by atoms with E-state index < -0.39 is 0 Å². The van der Waals surface area contributed by atoms with Gasteiger partial charge in [-0.3, -0.25) is 4.79 Å². The summed E-state index contributed by atoms with van der Waals surface area (Å²) in [5.41, 5.74) is 6.28. The molecule has 0 saturated heterocycles. The summed E-state index contributed by atoms with van der Waals surface area (Å²) in [6, 6.07) is 7.32. The molecular formula is C15H23NO3. The second-order valence-electron chi connectivity index (χ2n) is 4.47. The van der Waals surface area contributed by atoms with Gasteiger partial charge in [-0.05, 0) is 24.6 Å². The predicted octanol–water partition coefficient (Wildman–Crippen LogP) is 2.27. The molecule has 2 N–H and O–H groups in total. The van der Waals surface area contributed by atoms with Crippen LogP contribution in [0.25, 0.3) is 0 Å². The zero-order valence-electron chi connectivity index (χ0n) is 11.7. The highest BCUT2D eigenvalue weighted by Gasteiger charge is 2.16. The van der Waals surface area contributed by atoms with Crippen LogP contribution in [-0.4, -0.2) is 32.7 Å². The first-order valence-electron chi connectivity index (χ1n) is 6.66. The number of nitrogens with two attached hydrogens (primary N) is 1. The number of methoxy groups -OCH3 is 1. The van der Waals surface area contributed by atoms with Crippen LogP contribution in [0.15, 0.2) is 24.3 Å². The van der Waals surface area contributed by atoms with Crippen molar-refractivity contribution in [2.75, 3.05) is 26.9 Å². The van der Waals surface area contributed by atoms with E-state index in [0.717, 1.165) is 6.42 Å². The maximum Gasteiger partial charge on any atom is 0.166 e. The van der Waals surface area contributed by atoms with E-state index in [4.69, 9.17) is 15.2 Å². The fourth-order valence-corrected chi connectivity index (χ4v) is 1.82. The van der Waals surface area contributed by atoms with Crippen LogP contribution in [0.3, 0.4) is 0 Å². The van der Waals surface area contributed by atoms with Crippen molar-refractivity contribution in [1.82, 2.24) is 0 Å². The normalized spacial score (nSPS) is 12.2. The minimum atomic E-state index is 0.0883. The Morgan fingerprint density at radius 3 is 2.68 bits per heavy atom. The van der Waals surface area contributed by atoms with Crippen LogP contribution in [-0.2, 0) is 4.74 Å². The zero-order chi connectivity index (χ0) is 14.1. The molecule has 1 atom stereocenters. The van der Waals surface area contributed by atoms with E-state index in [9.17, 15) is 4.79 Å². The van der Waals surface area contributed by atoms with Crippen molar-refractivity contribution in [1.29, 1.82) is 0 Å². The lowest BCUT2D eigenvalue weighted by Crippen LogP contribution is -2.18. The molecule has 1 aromatic carbocycles. The summed E-state index contributed by atoms with van der Waals surface area (Å²) in [5, 5.41) is 0. The highest BCUT2D eigenvalue weighted by molar-refractivity contribution is 5.98. The molecule has 0 heterocycles. The van der Waals surface area contributed by atoms with Gasteiger partial charge in [0, 0.05) is 13.5 Å². The number of carbonyl (C=O) groups is 1. The first-order chi connectivity index (χ1) is 9.22. The van der Waals surface area contributed by atoms with E-state index in [0.29, 0.717) is 37.5 Å². The average Bonchev–Trinajstić information content (AvgIpc) is 2.45. The van der Waals surface area contributed by atoms with E-state index in [1.807, 2.05) is 25.1 Å². The van der Waals surface area contributed by atoms with Gasteiger partial charge >= 0.3 is 0 Å². The van der Waals surface area contributed by atoms with Crippen molar-refractivity contribution < 1.29 is 14.3 Å². The molecule has 1 unspecified atom stereocenters. The fourth-order valence-electron chi connectivity index (χ4n) is 1.82. The van der Waals surface area contributed by atoms with Crippen molar-refractivity contribution in [2.24, 2.45) is 11.7 Å². The van der Waals surface area contributed by atoms with Gasteiger partial charge in [-0.25, -0.2) is 0 Å². The Hall–Kier alpha value is -1.39. The molecule has 106 valence electrons. The smallest absolute Gasteiger partial charge is 0.166 e. The van der Waals surface area contributed by atoms with Gasteiger partial charge in [0.05, 0.1) is 12.2 Å². The molecule has 0 aliphatic rings. The molecule has 0 amide bonds. The minimum Gasteiger partial charge on any atom is -0.490 e. The van der Waals surface area contributed by atoms with Crippen molar-refractivity contribution in [3.63, 3.8) is 0 Å². The number of hydrogen-bond donors (Lipinski definition) is 1. The van der Waals surface area contributed by atoms with E-state index in [1.165, 1.54) is 0 Å². The number of ether oxygens (including phenoxy) is 2. The Morgan fingerprint density at radius 2 is 2.05 bits per heavy atom. The molecule has 0 aliphatic heterocycles. The molecule has 0 fully saturated rings. The molecule has 0 aliphatic carbocycles. The number of hydrogen-bond acceptors (Lipinski definition) is 4. The second kappa shape index (κ2) is 8.67. The molecule has 0 spiro atoms. The molecule has 0 aromatic heterocycles. The Labute approximate surface area is 114 Å². The quantitative estimate of drug-likeness (QED) is 0.549. The first-order valence-corrected chi connectivity index (χ1v) is 6.66. The molecule has 1 aromatic rings. The number of Topliss-reactive ketones (excluding diaryl/α,β-unsaturated/α-hetero) is 1. The second-order valence-corrected chi connectivity index (χ2v) is 4.47. The third-order valence-electron chi connectivity index (χ3n) is 3.12. The Balaban J connectivity index is 2.72. The molecule has 0 bridgehead atoms. The highest BCUT2D eigenvalue weighted by Crippen LogP contribution is 2.22. The number of para-hydroxylation sites is 1. The van der Waals surface area contributed by atoms with Crippen molar-refractivity contribution in [2.45, 2.75) is 19.8 Å². The topological polar surface area (TPSA) is 61.6 Å². The SMILES string of the molecule is CCC(CN)CC(=O)c1ccccc1OCCOC. The minimum absolute atomic E-state index is 0.0883. The number of rotatable bonds is 9. The largest absolute Gasteiger partial charge is 0.490 e. The lowest BCUT2D eigenvalue weighted by molar-refractivity contribution is 0.0953. The maximum atomic E-state index is 12.3. The zero-order valence-corrected chi connectivity index (χ0v) is 11.7. The van der Waals surface area contributed by atoms with Gasteiger partial charge in [-0.2, -0.15) is 0 Å². The number of ketones is 1. The number of carbonyl (C=O) groups excluding carboxylic acids is 1. The summed E-state index contributed by atoms with van der Waals surface area (Å²) in [5.74, 6) is 0.946. The third-order valence-corrected chi connectivity index (χ3v) is 3.12. The predicted molar refractivity (Wildman–Crippen MR) is 75.6 cm³/mol. The Morgan fingerprint density at radius 1 is 1.32 bits per heavy atom. The molecular weight excluding hydrogens is 242 g/mol. The summed E-state index contributed by atoms with van der Waals surface area (Å²) in [6.07, 6.45) is 1.38. The van der Waals surface area contributed by atoms with E-state index in [2.05, 4.69) is 0 Å². The van der Waals surface area contributed by atoms with Gasteiger partial charge in [-0.1, -0.05) is 25.5 Å². The summed E-state index contributed by atoms with van der Waals surface area (Å²) in [6.45, 7) is 3.53. The molecule has 0 radical (unpaired) electrons. The maximum absolute atomic E-state index is 12.3. The van der Waals surface area contributed by atoms with Crippen LogP contribution in [0, 0.1) is 5.92 Å². The standard InChI is InChI=1S/C15H23NO3/c1-3-12(11-16)10-14(17)13-6-4-5-7-15(13)19-9-8-18-2/h4-7,12H,3,8-11,16H2,1-2H3. The van der Waals surface area contributed by atoms with Crippen LogP contribution in [0.1, 0.15) is 30.1 Å². The third kappa shape index (κ3) is 5.01. The van der Waals surface area contributed by atoms with E-state index in [1.54, 1.807) is 13.2 Å². The van der Waals surface area contributed by atoms with Crippen molar-refractivity contribution in [3.05, 3.63) is 29.8 Å². The van der Waals surface area contributed by atoms with Crippen molar-refractivity contribution in [3.8, 4) is 5.75 Å². The summed E-state index contributed by atoms with van der Waals surface area (Å²) >= 11 is 0.